The molecule has 0 bridgehead atoms. The van der Waals surface area contributed by atoms with Gasteiger partial charge in [-0.2, -0.15) is 0 Å². The Balaban J connectivity index is 4.32. The van der Waals surface area contributed by atoms with E-state index in [1.165, 1.54) is 154 Å². The Morgan fingerprint density at radius 1 is 0.259 bits per heavy atom. The van der Waals surface area contributed by atoms with E-state index < -0.39 is 6.10 Å². The van der Waals surface area contributed by atoms with Crippen LogP contribution in [0.25, 0.3) is 0 Å². The highest BCUT2D eigenvalue weighted by Crippen LogP contribution is 2.17. The fraction of sp³-hybridized carbons (Fsp3) is 0.693. The number of esters is 3. The van der Waals surface area contributed by atoms with Crippen LogP contribution in [0, 0.1) is 0 Å². The van der Waals surface area contributed by atoms with E-state index in [9.17, 15) is 14.4 Å². The summed E-state index contributed by atoms with van der Waals surface area (Å²) in [5, 5.41) is 0. The molecule has 0 saturated carbocycles. The minimum atomic E-state index is -0.803. The van der Waals surface area contributed by atoms with Crippen molar-refractivity contribution in [2.75, 3.05) is 13.2 Å². The highest BCUT2D eigenvalue weighted by atomic mass is 16.6. The highest BCUT2D eigenvalue weighted by molar-refractivity contribution is 5.71. The predicted molar refractivity (Wildman–Crippen MR) is 353 cm³/mol. The summed E-state index contributed by atoms with van der Waals surface area (Å²) in [5.41, 5.74) is 0. The molecule has 0 radical (unpaired) electrons. The third-order valence-electron chi connectivity index (χ3n) is 14.5. The van der Waals surface area contributed by atoms with Gasteiger partial charge in [-0.15, -0.1) is 0 Å². The largest absolute Gasteiger partial charge is 0.462 e. The molecule has 0 rings (SSSR count). The molecule has 81 heavy (non-hydrogen) atoms. The summed E-state index contributed by atoms with van der Waals surface area (Å²) in [6.45, 7) is 6.40. The minimum absolute atomic E-state index is 0.0938. The van der Waals surface area contributed by atoms with Gasteiger partial charge in [-0.05, 0) is 109 Å². The average Bonchev–Trinajstić information content (AvgIpc) is 3.46. The maximum absolute atomic E-state index is 12.9. The first kappa shape index (κ1) is 76.8. The zero-order valence-corrected chi connectivity index (χ0v) is 53.0. The van der Waals surface area contributed by atoms with Gasteiger partial charge in [0.15, 0.2) is 6.10 Å². The van der Waals surface area contributed by atoms with Gasteiger partial charge in [0.2, 0.25) is 0 Å². The predicted octanol–water partition coefficient (Wildman–Crippen LogP) is 23.6. The van der Waals surface area contributed by atoms with Crippen molar-refractivity contribution in [2.45, 2.75) is 322 Å². The summed E-state index contributed by atoms with van der Waals surface area (Å²) < 4.78 is 16.9. The third-order valence-corrected chi connectivity index (χ3v) is 14.5. The zero-order chi connectivity index (χ0) is 58.5. The van der Waals surface area contributed by atoms with E-state index in [2.05, 4.69) is 142 Å². The number of hydrogen-bond acceptors (Lipinski definition) is 6. The fourth-order valence-corrected chi connectivity index (χ4v) is 9.44. The second kappa shape index (κ2) is 68.3. The Morgan fingerprint density at radius 3 is 0.778 bits per heavy atom. The molecule has 6 heteroatoms. The number of unbranched alkanes of at least 4 members (excludes halogenated alkanes) is 30. The van der Waals surface area contributed by atoms with Crippen molar-refractivity contribution < 1.29 is 28.6 Å². The van der Waals surface area contributed by atoms with Crippen LogP contribution in [0.5, 0.6) is 0 Å². The molecule has 0 aliphatic rings. The van der Waals surface area contributed by atoms with E-state index in [4.69, 9.17) is 14.2 Å². The van der Waals surface area contributed by atoms with Gasteiger partial charge in [0.25, 0.3) is 0 Å². The molecule has 0 aromatic carbocycles. The van der Waals surface area contributed by atoms with Gasteiger partial charge in [0.05, 0.1) is 0 Å². The minimum Gasteiger partial charge on any atom is -0.462 e. The molecule has 0 aromatic heterocycles. The first-order valence-electron chi connectivity index (χ1n) is 34.0. The molecule has 0 amide bonds. The van der Waals surface area contributed by atoms with Crippen molar-refractivity contribution in [2.24, 2.45) is 0 Å². The number of carbonyl (C=O) groups is 3. The molecule has 1 unspecified atom stereocenters. The standard InChI is InChI=1S/C75H126O6/c1-4-7-10-13-16-19-22-25-27-29-31-33-34-35-36-37-38-39-40-42-43-45-47-50-53-56-59-62-65-68-74(77)80-71-72(70-79-73(76)67-64-61-58-55-52-49-24-21-18-15-12-9-6-3)81-75(78)69-66-63-60-57-54-51-48-46-44-41-32-30-28-26-23-20-17-14-11-8-5-2/h7-8,10-11,16-17,19-20,25-28,31-33,41,46,48,54,57,72H,4-6,9,12-15,18,21-24,29-30,34-40,42-45,47,49-53,55-56,58-71H2,1-3H3/b10-7-,11-8-,19-16-,20-17-,27-25-,28-26-,33-31-,41-32-,48-46-,57-54-. The lowest BCUT2D eigenvalue weighted by Gasteiger charge is -2.18. The van der Waals surface area contributed by atoms with E-state index in [0.29, 0.717) is 19.3 Å². The van der Waals surface area contributed by atoms with Crippen molar-refractivity contribution in [1.29, 1.82) is 0 Å². The molecule has 0 saturated heterocycles. The normalized spacial score (nSPS) is 12.9. The van der Waals surface area contributed by atoms with Gasteiger partial charge in [-0.1, -0.05) is 309 Å². The van der Waals surface area contributed by atoms with Crippen molar-refractivity contribution in [1.82, 2.24) is 0 Å². The maximum Gasteiger partial charge on any atom is 0.306 e. The van der Waals surface area contributed by atoms with Crippen molar-refractivity contribution in [3.63, 3.8) is 0 Å². The molecule has 6 nitrogen and oxygen atoms in total. The number of ether oxygens (including phenoxy) is 3. The summed E-state index contributed by atoms with van der Waals surface area (Å²) in [6.07, 6.45) is 95.1. The van der Waals surface area contributed by atoms with Crippen LogP contribution in [0.15, 0.2) is 122 Å². The molecule has 0 aromatic rings. The van der Waals surface area contributed by atoms with E-state index in [0.717, 1.165) is 116 Å². The first-order valence-corrected chi connectivity index (χ1v) is 34.0. The Morgan fingerprint density at radius 2 is 0.481 bits per heavy atom. The molecule has 0 N–H and O–H groups in total. The zero-order valence-electron chi connectivity index (χ0n) is 53.0. The van der Waals surface area contributed by atoms with Crippen LogP contribution in [0.4, 0.5) is 0 Å². The summed E-state index contributed by atoms with van der Waals surface area (Å²) in [7, 11) is 0. The number of allylic oxidation sites excluding steroid dienone is 20. The van der Waals surface area contributed by atoms with Gasteiger partial charge >= 0.3 is 17.9 Å². The van der Waals surface area contributed by atoms with Crippen LogP contribution in [0.3, 0.4) is 0 Å². The molecule has 0 aliphatic carbocycles. The van der Waals surface area contributed by atoms with E-state index in [1.807, 2.05) is 0 Å². The van der Waals surface area contributed by atoms with E-state index in [1.54, 1.807) is 0 Å². The lowest BCUT2D eigenvalue weighted by molar-refractivity contribution is -0.167. The van der Waals surface area contributed by atoms with Crippen LogP contribution in [-0.2, 0) is 28.6 Å². The van der Waals surface area contributed by atoms with Gasteiger partial charge in [0, 0.05) is 19.3 Å². The van der Waals surface area contributed by atoms with Crippen LogP contribution >= 0.6 is 0 Å². The van der Waals surface area contributed by atoms with Crippen LogP contribution in [-0.4, -0.2) is 37.2 Å². The number of carbonyl (C=O) groups excluding carboxylic acids is 3. The Labute approximate surface area is 501 Å². The van der Waals surface area contributed by atoms with Crippen LogP contribution < -0.4 is 0 Å². The first-order chi connectivity index (χ1) is 40.0. The summed E-state index contributed by atoms with van der Waals surface area (Å²) in [4.78, 5) is 38.4. The maximum atomic E-state index is 12.9. The molecule has 462 valence electrons. The second-order valence-electron chi connectivity index (χ2n) is 22.3. The van der Waals surface area contributed by atoms with Gasteiger partial charge in [0.1, 0.15) is 13.2 Å². The molecule has 0 spiro atoms. The van der Waals surface area contributed by atoms with Crippen LogP contribution in [0.1, 0.15) is 316 Å². The van der Waals surface area contributed by atoms with Crippen molar-refractivity contribution in [3.05, 3.63) is 122 Å². The Bertz CT molecular complexity index is 1670. The molecule has 0 fully saturated rings. The Hall–Kier alpha value is -4.19. The summed E-state index contributed by atoms with van der Waals surface area (Å²) in [6, 6.07) is 0. The molecular formula is C75H126O6. The quantitative estimate of drug-likeness (QED) is 0.0261. The second-order valence-corrected chi connectivity index (χ2v) is 22.3. The lowest BCUT2D eigenvalue weighted by atomic mass is 10.0. The molecule has 0 aliphatic heterocycles. The van der Waals surface area contributed by atoms with Gasteiger partial charge < -0.3 is 14.2 Å². The van der Waals surface area contributed by atoms with Crippen molar-refractivity contribution >= 4 is 17.9 Å². The third kappa shape index (κ3) is 66.5. The smallest absolute Gasteiger partial charge is 0.306 e. The van der Waals surface area contributed by atoms with Crippen molar-refractivity contribution in [3.8, 4) is 0 Å². The summed E-state index contributed by atoms with van der Waals surface area (Å²) in [5.74, 6) is -0.927. The van der Waals surface area contributed by atoms with E-state index >= 15 is 0 Å². The molecule has 1 atom stereocenters. The molecule has 0 heterocycles. The topological polar surface area (TPSA) is 78.9 Å². The summed E-state index contributed by atoms with van der Waals surface area (Å²) >= 11 is 0. The lowest BCUT2D eigenvalue weighted by Crippen LogP contribution is -2.30. The monoisotopic (exact) mass is 1120 g/mol. The average molecular weight is 1120 g/mol. The van der Waals surface area contributed by atoms with Gasteiger partial charge in [-0.25, -0.2) is 0 Å². The van der Waals surface area contributed by atoms with E-state index in [-0.39, 0.29) is 37.5 Å². The Kier molecular flexibility index (Phi) is 64.8. The number of rotatable bonds is 61. The van der Waals surface area contributed by atoms with Crippen LogP contribution in [0.2, 0.25) is 0 Å². The SMILES string of the molecule is CC/C=C\C/C=C\C/C=C\C/C=C\C/C=C\C/C=C\CCCCC(=O)OC(COC(=O)CCCCCCCCCCCCCCC)COC(=O)CCCCCCCCCCCCCCCCCC/C=C\C/C=C\C/C=C\C/C=C\CC. The molecular weight excluding hydrogens is 997 g/mol. The van der Waals surface area contributed by atoms with Gasteiger partial charge in [-0.3, -0.25) is 14.4 Å². The highest BCUT2D eigenvalue weighted by Gasteiger charge is 2.19. The fourth-order valence-electron chi connectivity index (χ4n) is 9.44. The number of hydrogen-bond donors (Lipinski definition) is 0.